The van der Waals surface area contributed by atoms with Crippen molar-refractivity contribution in [2.45, 2.75) is 38.3 Å². The maximum Gasteiger partial charge on any atom is 0.0709 e. The third kappa shape index (κ3) is 4.07. The van der Waals surface area contributed by atoms with Gasteiger partial charge in [0, 0.05) is 25.7 Å². The average molecular weight is 186 g/mol. The third-order valence-corrected chi connectivity index (χ3v) is 2.64. The summed E-state index contributed by atoms with van der Waals surface area (Å²) in [5, 5.41) is 0. The van der Waals surface area contributed by atoms with Crippen LogP contribution in [0.1, 0.15) is 26.2 Å². The molecule has 0 spiro atoms. The first-order valence-electron chi connectivity index (χ1n) is 5.29. The minimum Gasteiger partial charge on any atom is -0.377 e. The van der Waals surface area contributed by atoms with Crippen LogP contribution in [-0.4, -0.2) is 43.8 Å². The van der Waals surface area contributed by atoms with Crippen molar-refractivity contribution in [3.05, 3.63) is 0 Å². The van der Waals surface area contributed by atoms with Crippen molar-refractivity contribution >= 4 is 0 Å². The van der Waals surface area contributed by atoms with Gasteiger partial charge in [-0.2, -0.15) is 0 Å². The summed E-state index contributed by atoms with van der Waals surface area (Å²) in [4.78, 5) is 2.42. The Balaban J connectivity index is 2.06. The fraction of sp³-hybridized carbons (Fsp3) is 1.00. The van der Waals surface area contributed by atoms with Gasteiger partial charge in [-0.05, 0) is 33.2 Å². The fourth-order valence-corrected chi connectivity index (χ4v) is 1.55. The van der Waals surface area contributed by atoms with Gasteiger partial charge < -0.3 is 15.4 Å². The van der Waals surface area contributed by atoms with Gasteiger partial charge in [0.2, 0.25) is 0 Å². The first-order chi connectivity index (χ1) is 6.27. The summed E-state index contributed by atoms with van der Waals surface area (Å²) >= 11 is 0. The second-order valence-electron chi connectivity index (χ2n) is 3.81. The second-order valence-corrected chi connectivity index (χ2v) is 3.81. The summed E-state index contributed by atoms with van der Waals surface area (Å²) in [5.74, 6) is 0. The lowest BCUT2D eigenvalue weighted by Gasteiger charge is -2.20. The molecular formula is C10H22N2O. The van der Waals surface area contributed by atoms with E-state index in [1.54, 1.807) is 0 Å². The normalized spacial score (nSPS) is 19.4. The van der Waals surface area contributed by atoms with E-state index in [9.17, 15) is 0 Å². The molecule has 1 aliphatic rings. The van der Waals surface area contributed by atoms with E-state index >= 15 is 0 Å². The number of nitrogens with two attached hydrogens (primary N) is 1. The Morgan fingerprint density at radius 3 is 2.69 bits per heavy atom. The van der Waals surface area contributed by atoms with Crippen LogP contribution in [0.5, 0.6) is 0 Å². The molecule has 3 heteroatoms. The van der Waals surface area contributed by atoms with E-state index in [1.807, 2.05) is 6.92 Å². The molecule has 3 nitrogen and oxygen atoms in total. The molecule has 0 amide bonds. The molecule has 1 fully saturated rings. The van der Waals surface area contributed by atoms with Crippen LogP contribution in [0.4, 0.5) is 0 Å². The third-order valence-electron chi connectivity index (χ3n) is 2.64. The van der Waals surface area contributed by atoms with Gasteiger partial charge in [-0.1, -0.05) is 0 Å². The minimum atomic E-state index is 0.256. The highest BCUT2D eigenvalue weighted by atomic mass is 16.5. The lowest BCUT2D eigenvalue weighted by molar-refractivity contribution is 0.0558. The van der Waals surface area contributed by atoms with Gasteiger partial charge in [-0.15, -0.1) is 0 Å². The first-order valence-corrected chi connectivity index (χ1v) is 5.29. The van der Waals surface area contributed by atoms with Crippen molar-refractivity contribution in [1.82, 2.24) is 4.90 Å². The molecule has 0 aromatic heterocycles. The van der Waals surface area contributed by atoms with Crippen LogP contribution < -0.4 is 5.73 Å². The van der Waals surface area contributed by atoms with E-state index in [0.717, 1.165) is 25.6 Å². The monoisotopic (exact) mass is 186 g/mol. The van der Waals surface area contributed by atoms with Crippen LogP contribution in [0, 0.1) is 0 Å². The SMILES string of the molecule is CCOC(CN)CCN(C)C1CC1. The Labute approximate surface area is 81.2 Å². The maximum atomic E-state index is 5.59. The quantitative estimate of drug-likeness (QED) is 0.640. The summed E-state index contributed by atoms with van der Waals surface area (Å²) in [5.41, 5.74) is 5.59. The Kier molecular flexibility index (Phi) is 4.70. The Morgan fingerprint density at radius 2 is 2.23 bits per heavy atom. The van der Waals surface area contributed by atoms with Crippen LogP contribution in [0.2, 0.25) is 0 Å². The predicted molar refractivity (Wildman–Crippen MR) is 54.7 cm³/mol. The van der Waals surface area contributed by atoms with Crippen LogP contribution in [0.15, 0.2) is 0 Å². The molecule has 0 aliphatic heterocycles. The largest absolute Gasteiger partial charge is 0.377 e. The molecule has 13 heavy (non-hydrogen) atoms. The number of nitrogens with zero attached hydrogens (tertiary/aromatic N) is 1. The van der Waals surface area contributed by atoms with Gasteiger partial charge in [0.15, 0.2) is 0 Å². The summed E-state index contributed by atoms with van der Waals surface area (Å²) in [6.45, 7) is 4.56. The van der Waals surface area contributed by atoms with E-state index in [2.05, 4.69) is 11.9 Å². The van der Waals surface area contributed by atoms with E-state index in [-0.39, 0.29) is 6.10 Å². The zero-order valence-corrected chi connectivity index (χ0v) is 8.83. The molecule has 1 rings (SSSR count). The van der Waals surface area contributed by atoms with Crippen LogP contribution in [0.25, 0.3) is 0 Å². The van der Waals surface area contributed by atoms with Crippen molar-refractivity contribution in [2.75, 3.05) is 26.7 Å². The summed E-state index contributed by atoms with van der Waals surface area (Å²) in [6, 6.07) is 0.847. The average Bonchev–Trinajstić information content (AvgIpc) is 2.94. The highest BCUT2D eigenvalue weighted by molar-refractivity contribution is 4.82. The summed E-state index contributed by atoms with van der Waals surface area (Å²) in [6.07, 6.45) is 4.07. The number of hydrogen-bond acceptors (Lipinski definition) is 3. The van der Waals surface area contributed by atoms with Gasteiger partial charge in [0.1, 0.15) is 0 Å². The molecule has 0 bridgehead atoms. The van der Waals surface area contributed by atoms with Crippen molar-refractivity contribution in [1.29, 1.82) is 0 Å². The zero-order valence-electron chi connectivity index (χ0n) is 8.83. The van der Waals surface area contributed by atoms with E-state index in [0.29, 0.717) is 6.54 Å². The van der Waals surface area contributed by atoms with E-state index in [1.165, 1.54) is 12.8 Å². The molecular weight excluding hydrogens is 164 g/mol. The van der Waals surface area contributed by atoms with Crippen molar-refractivity contribution in [2.24, 2.45) is 5.73 Å². The predicted octanol–water partition coefficient (Wildman–Crippen LogP) is 0.835. The summed E-state index contributed by atoms with van der Waals surface area (Å²) in [7, 11) is 2.19. The molecule has 78 valence electrons. The molecule has 1 atom stereocenters. The molecule has 2 N–H and O–H groups in total. The maximum absolute atomic E-state index is 5.59. The Hall–Kier alpha value is -0.120. The Morgan fingerprint density at radius 1 is 1.54 bits per heavy atom. The highest BCUT2D eigenvalue weighted by Gasteiger charge is 2.25. The number of ether oxygens (including phenoxy) is 1. The van der Waals surface area contributed by atoms with E-state index in [4.69, 9.17) is 10.5 Å². The van der Waals surface area contributed by atoms with Crippen LogP contribution in [0.3, 0.4) is 0 Å². The van der Waals surface area contributed by atoms with E-state index < -0.39 is 0 Å². The smallest absolute Gasteiger partial charge is 0.0709 e. The highest BCUT2D eigenvalue weighted by Crippen LogP contribution is 2.25. The topological polar surface area (TPSA) is 38.5 Å². The molecule has 1 aliphatic carbocycles. The standard InChI is InChI=1S/C10H22N2O/c1-3-13-10(8-11)6-7-12(2)9-4-5-9/h9-10H,3-8,11H2,1-2H3. The molecule has 0 aromatic rings. The van der Waals surface area contributed by atoms with Gasteiger partial charge in [0.25, 0.3) is 0 Å². The lowest BCUT2D eigenvalue weighted by Crippen LogP contribution is -2.30. The summed E-state index contributed by atoms with van der Waals surface area (Å²) < 4.78 is 5.49. The lowest BCUT2D eigenvalue weighted by atomic mass is 10.2. The molecule has 1 saturated carbocycles. The molecule has 0 saturated heterocycles. The first kappa shape index (κ1) is 11.0. The molecule has 0 radical (unpaired) electrons. The zero-order chi connectivity index (χ0) is 9.68. The van der Waals surface area contributed by atoms with Crippen molar-refractivity contribution in [3.63, 3.8) is 0 Å². The van der Waals surface area contributed by atoms with Crippen LogP contribution >= 0.6 is 0 Å². The van der Waals surface area contributed by atoms with Crippen molar-refractivity contribution in [3.8, 4) is 0 Å². The van der Waals surface area contributed by atoms with Gasteiger partial charge in [-0.3, -0.25) is 0 Å². The number of rotatable bonds is 7. The fourth-order valence-electron chi connectivity index (χ4n) is 1.55. The van der Waals surface area contributed by atoms with Gasteiger partial charge in [-0.25, -0.2) is 0 Å². The van der Waals surface area contributed by atoms with Gasteiger partial charge in [0.05, 0.1) is 6.10 Å². The molecule has 0 heterocycles. The van der Waals surface area contributed by atoms with Crippen molar-refractivity contribution < 1.29 is 4.74 Å². The number of hydrogen-bond donors (Lipinski definition) is 1. The Bertz CT molecular complexity index is 137. The molecule has 0 aromatic carbocycles. The van der Waals surface area contributed by atoms with Gasteiger partial charge >= 0.3 is 0 Å². The molecule has 1 unspecified atom stereocenters. The second kappa shape index (κ2) is 5.58. The van der Waals surface area contributed by atoms with Crippen LogP contribution in [-0.2, 0) is 4.74 Å². The minimum absolute atomic E-state index is 0.256.